The number of fused-ring (bicyclic) bond motifs is 1. The van der Waals surface area contributed by atoms with E-state index < -0.39 is 5.97 Å². The molecule has 0 aliphatic heterocycles. The minimum absolute atomic E-state index is 0.0343. The first kappa shape index (κ1) is 12.9. The molecule has 0 unspecified atom stereocenters. The Hall–Kier alpha value is -3.10. The van der Waals surface area contributed by atoms with Gasteiger partial charge >= 0.3 is 11.5 Å². The van der Waals surface area contributed by atoms with E-state index in [0.29, 0.717) is 12.1 Å². The van der Waals surface area contributed by atoms with Crippen LogP contribution in [-0.2, 0) is 11.3 Å². The van der Waals surface area contributed by atoms with Crippen molar-refractivity contribution in [3.8, 4) is 11.3 Å². The molecule has 0 saturated heterocycles. The van der Waals surface area contributed by atoms with Crippen molar-refractivity contribution in [1.82, 2.24) is 24.8 Å². The third kappa shape index (κ3) is 2.48. The fraction of sp³-hybridized carbons (Fsp3) is 0.167. The monoisotopic (exact) mass is 287 g/mol. The first-order chi connectivity index (χ1) is 10.1. The second kappa shape index (κ2) is 5.12. The maximum absolute atomic E-state index is 12.2. The summed E-state index contributed by atoms with van der Waals surface area (Å²) in [6.07, 6.45) is 4.79. The van der Waals surface area contributed by atoms with E-state index in [2.05, 4.69) is 20.3 Å². The molecule has 0 aromatic carbocycles. The van der Waals surface area contributed by atoms with Gasteiger partial charge in [0.05, 0.1) is 0 Å². The van der Waals surface area contributed by atoms with E-state index in [4.69, 9.17) is 5.11 Å². The van der Waals surface area contributed by atoms with Gasteiger partial charge < -0.3 is 5.11 Å². The number of hydrogen-bond acceptors (Lipinski definition) is 5. The number of aryl methyl sites for hydroxylation is 1. The van der Waals surface area contributed by atoms with E-state index in [9.17, 15) is 9.59 Å². The number of aromatic nitrogens is 6. The Labute approximate surface area is 117 Å². The number of carboxylic acids is 1. The molecule has 0 saturated carbocycles. The fourth-order valence-corrected chi connectivity index (χ4v) is 1.89. The zero-order valence-electron chi connectivity index (χ0n) is 10.8. The smallest absolute Gasteiger partial charge is 0.309 e. The maximum Gasteiger partial charge on any atom is 0.309 e. The lowest BCUT2D eigenvalue weighted by atomic mass is 10.2. The molecule has 0 amide bonds. The summed E-state index contributed by atoms with van der Waals surface area (Å²) < 4.78 is 2.92. The van der Waals surface area contributed by atoms with E-state index >= 15 is 0 Å². The van der Waals surface area contributed by atoms with E-state index in [0.717, 1.165) is 0 Å². The van der Waals surface area contributed by atoms with E-state index in [1.54, 1.807) is 29.1 Å². The summed E-state index contributed by atoms with van der Waals surface area (Å²) in [5.74, 6) is -0.656. The zero-order valence-corrected chi connectivity index (χ0v) is 10.8. The van der Waals surface area contributed by atoms with Gasteiger partial charge in [-0.3, -0.25) is 14.7 Å². The Morgan fingerprint density at radius 2 is 2.10 bits per heavy atom. The number of pyridine rings is 1. The molecule has 21 heavy (non-hydrogen) atoms. The topological polar surface area (TPSA) is 117 Å². The predicted molar refractivity (Wildman–Crippen MR) is 69.3 cm³/mol. The van der Waals surface area contributed by atoms with Crippen LogP contribution in [0.25, 0.3) is 17.0 Å². The highest BCUT2D eigenvalue weighted by Crippen LogP contribution is 2.09. The van der Waals surface area contributed by atoms with Crippen molar-refractivity contribution in [2.24, 2.45) is 0 Å². The molecule has 9 heteroatoms. The summed E-state index contributed by atoms with van der Waals surface area (Å²) >= 11 is 0. The summed E-state index contributed by atoms with van der Waals surface area (Å²) in [7, 11) is 0. The van der Waals surface area contributed by atoms with Crippen LogP contribution in [0.2, 0.25) is 0 Å². The van der Waals surface area contributed by atoms with Crippen molar-refractivity contribution in [2.75, 3.05) is 0 Å². The Balaban J connectivity index is 1.93. The van der Waals surface area contributed by atoms with Crippen LogP contribution in [0.5, 0.6) is 0 Å². The van der Waals surface area contributed by atoms with Crippen molar-refractivity contribution in [1.29, 1.82) is 0 Å². The number of aromatic amines is 1. The second-order valence-corrected chi connectivity index (χ2v) is 4.34. The lowest BCUT2D eigenvalue weighted by Gasteiger charge is -1.99. The average molecular weight is 287 g/mol. The number of H-pyrrole nitrogens is 1. The molecule has 9 nitrogen and oxygen atoms in total. The number of aliphatic carboxylic acids is 1. The van der Waals surface area contributed by atoms with Gasteiger partial charge in [0.1, 0.15) is 12.7 Å². The van der Waals surface area contributed by atoms with Crippen LogP contribution in [0, 0.1) is 0 Å². The van der Waals surface area contributed by atoms with Gasteiger partial charge in [-0.1, -0.05) is 0 Å². The molecule has 0 radical (unpaired) electrons. The van der Waals surface area contributed by atoms with Crippen LogP contribution >= 0.6 is 0 Å². The van der Waals surface area contributed by atoms with Crippen molar-refractivity contribution < 1.29 is 14.5 Å². The van der Waals surface area contributed by atoms with Gasteiger partial charge in [-0.05, 0) is 0 Å². The fourth-order valence-electron chi connectivity index (χ4n) is 1.89. The molecule has 3 aromatic rings. The molecule has 3 aromatic heterocycles. The Bertz CT molecular complexity index is 851. The molecule has 0 fully saturated rings. The number of hydrogen-bond donors (Lipinski definition) is 2. The predicted octanol–water partition coefficient (Wildman–Crippen LogP) is -0.758. The summed E-state index contributed by atoms with van der Waals surface area (Å²) in [4.78, 5) is 26.6. The Morgan fingerprint density at radius 3 is 2.81 bits per heavy atom. The first-order valence-corrected chi connectivity index (χ1v) is 6.15. The summed E-state index contributed by atoms with van der Waals surface area (Å²) in [5.41, 5.74) is 0.450. The first-order valence-electron chi connectivity index (χ1n) is 6.15. The van der Waals surface area contributed by atoms with Crippen molar-refractivity contribution in [3.05, 3.63) is 41.2 Å². The molecule has 0 aliphatic rings. The highest BCUT2D eigenvalue weighted by atomic mass is 16.4. The number of rotatable bonds is 4. The molecular weight excluding hydrogens is 276 g/mol. The van der Waals surface area contributed by atoms with Crippen LogP contribution < -0.4 is 10.1 Å². The highest BCUT2D eigenvalue weighted by Gasteiger charge is 2.12. The molecule has 0 spiro atoms. The van der Waals surface area contributed by atoms with Crippen molar-refractivity contribution >= 4 is 11.7 Å². The molecule has 0 bridgehead atoms. The normalized spacial score (nSPS) is 10.9. The number of carboxylic acid groups (broad SMARTS) is 1. The third-order valence-corrected chi connectivity index (χ3v) is 2.96. The summed E-state index contributed by atoms with van der Waals surface area (Å²) in [6.45, 7) is 0.361. The van der Waals surface area contributed by atoms with E-state index in [-0.39, 0.29) is 23.5 Å². The van der Waals surface area contributed by atoms with Gasteiger partial charge in [0.15, 0.2) is 24.6 Å². The molecule has 0 atom stereocenters. The quantitative estimate of drug-likeness (QED) is 0.609. The van der Waals surface area contributed by atoms with Gasteiger partial charge in [-0.15, -0.1) is 10.2 Å². The largest absolute Gasteiger partial charge is 0.481 e. The van der Waals surface area contributed by atoms with Crippen molar-refractivity contribution in [2.45, 2.75) is 13.0 Å². The standard InChI is InChI=1S/C12H10N6O3/c19-9(20)3-6-17-4-1-8(2-5-17)10-11(21)18-12(16-15-10)13-7-14-18/h1-2,4-5,7H,3,6H2,(H,19,20)/p+1. The van der Waals surface area contributed by atoms with E-state index in [1.807, 2.05) is 0 Å². The van der Waals surface area contributed by atoms with Crippen LogP contribution in [0.1, 0.15) is 6.42 Å². The van der Waals surface area contributed by atoms with Crippen LogP contribution in [0.15, 0.2) is 35.6 Å². The average Bonchev–Trinajstić information content (AvgIpc) is 2.96. The van der Waals surface area contributed by atoms with Crippen LogP contribution in [-0.4, -0.2) is 35.9 Å². The SMILES string of the molecule is O=C(O)CC[n+]1ccc(-c2nnc3nc[nH]n3c2=O)cc1. The minimum Gasteiger partial charge on any atom is -0.481 e. The second-order valence-electron chi connectivity index (χ2n) is 4.34. The van der Waals surface area contributed by atoms with Gasteiger partial charge in [-0.2, -0.15) is 9.50 Å². The molecule has 106 valence electrons. The number of nitrogens with one attached hydrogen (secondary N) is 1. The van der Waals surface area contributed by atoms with E-state index in [1.165, 1.54) is 10.8 Å². The summed E-state index contributed by atoms with van der Waals surface area (Å²) in [6, 6.07) is 3.38. The highest BCUT2D eigenvalue weighted by molar-refractivity contribution is 5.66. The third-order valence-electron chi connectivity index (χ3n) is 2.96. The molecule has 3 rings (SSSR count). The van der Waals surface area contributed by atoms with Crippen molar-refractivity contribution in [3.63, 3.8) is 0 Å². The molecule has 3 heterocycles. The van der Waals surface area contributed by atoms with Gasteiger partial charge in [0.2, 0.25) is 0 Å². The van der Waals surface area contributed by atoms with Crippen LogP contribution in [0.3, 0.4) is 0 Å². The number of nitrogens with zero attached hydrogens (tertiary/aromatic N) is 5. The van der Waals surface area contributed by atoms with Gasteiger partial charge in [0, 0.05) is 17.7 Å². The Kier molecular flexibility index (Phi) is 3.14. The van der Waals surface area contributed by atoms with Crippen LogP contribution in [0.4, 0.5) is 0 Å². The lowest BCUT2D eigenvalue weighted by Crippen LogP contribution is -2.33. The number of carbonyl (C=O) groups is 1. The summed E-state index contributed by atoms with van der Waals surface area (Å²) in [5, 5.41) is 19.0. The zero-order chi connectivity index (χ0) is 14.8. The molecule has 0 aliphatic carbocycles. The Morgan fingerprint density at radius 1 is 1.33 bits per heavy atom. The molecular formula is C12H11N6O3+. The lowest BCUT2D eigenvalue weighted by molar-refractivity contribution is -0.695. The maximum atomic E-state index is 12.2. The minimum atomic E-state index is -0.861. The molecule has 2 N–H and O–H groups in total. The van der Waals surface area contributed by atoms with Gasteiger partial charge in [0.25, 0.3) is 5.78 Å². The van der Waals surface area contributed by atoms with Gasteiger partial charge in [-0.25, -0.2) is 4.57 Å².